The highest BCUT2D eigenvalue weighted by Crippen LogP contribution is 2.21. The summed E-state index contributed by atoms with van der Waals surface area (Å²) in [5.74, 6) is 0.553. The summed E-state index contributed by atoms with van der Waals surface area (Å²) in [6, 6.07) is 9.69. The smallest absolute Gasteiger partial charge is 0.0995 e. The normalized spacial score (nSPS) is 12.5. The lowest BCUT2D eigenvalue weighted by atomic mass is 9.95. The molecule has 1 aromatic carbocycles. The highest BCUT2D eigenvalue weighted by molar-refractivity contribution is 5.39. The fourth-order valence-corrected chi connectivity index (χ4v) is 1.56. The van der Waals surface area contributed by atoms with Crippen LogP contribution in [0.5, 0.6) is 0 Å². The molecule has 0 aliphatic heterocycles. The van der Waals surface area contributed by atoms with Gasteiger partial charge in [-0.15, -0.1) is 0 Å². The van der Waals surface area contributed by atoms with Crippen LogP contribution in [0.4, 0.5) is 0 Å². The lowest BCUT2D eigenvalue weighted by Gasteiger charge is -2.15. The molecule has 0 saturated carbocycles. The molecule has 0 bridgehead atoms. The van der Waals surface area contributed by atoms with Crippen molar-refractivity contribution >= 4 is 0 Å². The van der Waals surface area contributed by atoms with E-state index in [-0.39, 0.29) is 6.04 Å². The van der Waals surface area contributed by atoms with Gasteiger partial charge in [-0.1, -0.05) is 32.0 Å². The lowest BCUT2D eigenvalue weighted by molar-refractivity contribution is 0.509. The molecule has 0 radical (unpaired) electrons. The zero-order valence-corrected chi connectivity index (χ0v) is 8.70. The molecular formula is C12H16N2. The maximum Gasteiger partial charge on any atom is 0.0995 e. The van der Waals surface area contributed by atoms with Gasteiger partial charge in [0.25, 0.3) is 0 Å². The molecular weight excluding hydrogens is 172 g/mol. The van der Waals surface area contributed by atoms with Crippen molar-refractivity contribution in [3.05, 3.63) is 35.4 Å². The fourth-order valence-electron chi connectivity index (χ4n) is 1.56. The maximum atomic E-state index is 8.90. The third-order valence-electron chi connectivity index (χ3n) is 2.21. The number of rotatable bonds is 3. The van der Waals surface area contributed by atoms with Crippen molar-refractivity contribution < 1.29 is 0 Å². The molecule has 1 rings (SSSR count). The third-order valence-corrected chi connectivity index (χ3v) is 2.21. The molecule has 2 nitrogen and oxygen atoms in total. The van der Waals surface area contributed by atoms with E-state index in [9.17, 15) is 0 Å². The quantitative estimate of drug-likeness (QED) is 0.792. The van der Waals surface area contributed by atoms with Crippen molar-refractivity contribution in [3.8, 4) is 6.07 Å². The first-order valence-electron chi connectivity index (χ1n) is 4.89. The molecule has 0 spiro atoms. The molecule has 0 amide bonds. The Kier molecular flexibility index (Phi) is 3.67. The number of nitrogens with two attached hydrogens (primary N) is 1. The molecule has 1 atom stereocenters. The van der Waals surface area contributed by atoms with Crippen LogP contribution in [0.1, 0.15) is 37.4 Å². The summed E-state index contributed by atoms with van der Waals surface area (Å²) in [6.45, 7) is 4.27. The molecule has 74 valence electrons. The van der Waals surface area contributed by atoms with Gasteiger partial charge in [0, 0.05) is 6.04 Å². The monoisotopic (exact) mass is 188 g/mol. The van der Waals surface area contributed by atoms with Crippen LogP contribution in [0.25, 0.3) is 0 Å². The van der Waals surface area contributed by atoms with Crippen LogP contribution >= 0.6 is 0 Å². The Morgan fingerprint density at radius 1 is 1.36 bits per heavy atom. The molecule has 0 fully saturated rings. The van der Waals surface area contributed by atoms with Gasteiger partial charge < -0.3 is 5.73 Å². The second-order valence-electron chi connectivity index (χ2n) is 3.94. The van der Waals surface area contributed by atoms with Crippen LogP contribution in [0.15, 0.2) is 24.3 Å². The summed E-state index contributed by atoms with van der Waals surface area (Å²) in [6.07, 6.45) is 0.915. The Morgan fingerprint density at radius 3 is 2.57 bits per heavy atom. The van der Waals surface area contributed by atoms with Crippen LogP contribution in [0.2, 0.25) is 0 Å². The van der Waals surface area contributed by atoms with E-state index in [2.05, 4.69) is 19.9 Å². The molecule has 2 heteroatoms. The Morgan fingerprint density at radius 2 is 2.00 bits per heavy atom. The predicted molar refractivity (Wildman–Crippen MR) is 57.5 cm³/mol. The minimum absolute atomic E-state index is 0.0224. The number of nitriles is 1. The van der Waals surface area contributed by atoms with E-state index >= 15 is 0 Å². The Balaban J connectivity index is 2.89. The standard InChI is InChI=1S/C12H16N2/c1-9(2)7-12(14)11-6-4-3-5-10(11)8-13/h3-6,9,12H,7,14H2,1-2H3. The van der Waals surface area contributed by atoms with Crippen LogP contribution in [0, 0.1) is 17.2 Å². The van der Waals surface area contributed by atoms with E-state index in [1.807, 2.05) is 24.3 Å². The minimum atomic E-state index is -0.0224. The zero-order chi connectivity index (χ0) is 10.6. The largest absolute Gasteiger partial charge is 0.324 e. The van der Waals surface area contributed by atoms with E-state index in [4.69, 9.17) is 11.0 Å². The molecule has 0 aliphatic rings. The Bertz CT molecular complexity index is 336. The van der Waals surface area contributed by atoms with Gasteiger partial charge in [0.15, 0.2) is 0 Å². The molecule has 0 aromatic heterocycles. The number of hydrogen-bond acceptors (Lipinski definition) is 2. The van der Waals surface area contributed by atoms with E-state index < -0.39 is 0 Å². The van der Waals surface area contributed by atoms with Gasteiger partial charge in [0.05, 0.1) is 11.6 Å². The highest BCUT2D eigenvalue weighted by atomic mass is 14.6. The highest BCUT2D eigenvalue weighted by Gasteiger charge is 2.11. The first-order chi connectivity index (χ1) is 6.65. The summed E-state index contributed by atoms with van der Waals surface area (Å²) >= 11 is 0. The van der Waals surface area contributed by atoms with Crippen LogP contribution in [0.3, 0.4) is 0 Å². The van der Waals surface area contributed by atoms with Crippen molar-refractivity contribution in [2.75, 3.05) is 0 Å². The predicted octanol–water partition coefficient (Wildman–Crippen LogP) is 2.60. The Hall–Kier alpha value is -1.33. The van der Waals surface area contributed by atoms with Gasteiger partial charge in [-0.3, -0.25) is 0 Å². The topological polar surface area (TPSA) is 49.8 Å². The summed E-state index contributed by atoms with van der Waals surface area (Å²) in [4.78, 5) is 0. The zero-order valence-electron chi connectivity index (χ0n) is 8.70. The SMILES string of the molecule is CC(C)CC(N)c1ccccc1C#N. The molecule has 0 heterocycles. The summed E-state index contributed by atoms with van der Waals surface area (Å²) < 4.78 is 0. The average molecular weight is 188 g/mol. The molecule has 0 saturated heterocycles. The second-order valence-corrected chi connectivity index (χ2v) is 3.94. The van der Waals surface area contributed by atoms with E-state index in [0.717, 1.165) is 12.0 Å². The van der Waals surface area contributed by atoms with Gasteiger partial charge in [-0.25, -0.2) is 0 Å². The van der Waals surface area contributed by atoms with E-state index in [0.29, 0.717) is 11.5 Å². The van der Waals surface area contributed by atoms with Gasteiger partial charge in [-0.2, -0.15) is 5.26 Å². The van der Waals surface area contributed by atoms with E-state index in [1.54, 1.807) is 0 Å². The van der Waals surface area contributed by atoms with Gasteiger partial charge >= 0.3 is 0 Å². The number of nitrogens with zero attached hydrogens (tertiary/aromatic N) is 1. The molecule has 1 unspecified atom stereocenters. The lowest BCUT2D eigenvalue weighted by Crippen LogP contribution is -2.14. The number of hydrogen-bond donors (Lipinski definition) is 1. The van der Waals surface area contributed by atoms with Crippen molar-refractivity contribution in [2.45, 2.75) is 26.3 Å². The van der Waals surface area contributed by atoms with Crippen LogP contribution in [-0.2, 0) is 0 Å². The van der Waals surface area contributed by atoms with Gasteiger partial charge in [0.1, 0.15) is 0 Å². The molecule has 0 aliphatic carbocycles. The summed E-state index contributed by atoms with van der Waals surface area (Å²) in [5.41, 5.74) is 7.68. The van der Waals surface area contributed by atoms with Gasteiger partial charge in [0.2, 0.25) is 0 Å². The molecule has 14 heavy (non-hydrogen) atoms. The fraction of sp³-hybridized carbons (Fsp3) is 0.417. The molecule has 2 N–H and O–H groups in total. The first-order valence-corrected chi connectivity index (χ1v) is 4.89. The number of benzene rings is 1. The van der Waals surface area contributed by atoms with Crippen LogP contribution < -0.4 is 5.73 Å². The second kappa shape index (κ2) is 4.78. The van der Waals surface area contributed by atoms with Crippen molar-refractivity contribution in [1.29, 1.82) is 5.26 Å². The van der Waals surface area contributed by atoms with Gasteiger partial charge in [-0.05, 0) is 24.0 Å². The summed E-state index contributed by atoms with van der Waals surface area (Å²) in [7, 11) is 0. The first kappa shape index (κ1) is 10.7. The molecule has 1 aromatic rings. The van der Waals surface area contributed by atoms with Crippen molar-refractivity contribution in [1.82, 2.24) is 0 Å². The van der Waals surface area contributed by atoms with E-state index in [1.165, 1.54) is 0 Å². The van der Waals surface area contributed by atoms with Crippen molar-refractivity contribution in [3.63, 3.8) is 0 Å². The average Bonchev–Trinajstić information content (AvgIpc) is 2.16. The minimum Gasteiger partial charge on any atom is -0.324 e. The third kappa shape index (κ3) is 2.58. The summed E-state index contributed by atoms with van der Waals surface area (Å²) in [5, 5.41) is 8.90. The Labute approximate surface area is 85.4 Å². The van der Waals surface area contributed by atoms with Crippen molar-refractivity contribution in [2.24, 2.45) is 11.7 Å². The maximum absolute atomic E-state index is 8.90. The van der Waals surface area contributed by atoms with Crippen LogP contribution in [-0.4, -0.2) is 0 Å².